The molecule has 3 aromatic carbocycles. The number of hydrogen-bond acceptors (Lipinski definition) is 2. The number of halogens is 1. The molecule has 1 fully saturated rings. The molecule has 35 heavy (non-hydrogen) atoms. The van der Waals surface area contributed by atoms with Gasteiger partial charge in [0.05, 0.1) is 18.4 Å². The summed E-state index contributed by atoms with van der Waals surface area (Å²) in [5.41, 5.74) is 7.35. The van der Waals surface area contributed by atoms with E-state index >= 15 is 0 Å². The third kappa shape index (κ3) is 3.80. The maximum absolute atomic E-state index is 13.8. The van der Waals surface area contributed by atoms with Gasteiger partial charge in [0.15, 0.2) is 0 Å². The number of fused-ring (bicyclic) bond motifs is 3. The molecule has 1 saturated heterocycles. The van der Waals surface area contributed by atoms with Crippen molar-refractivity contribution in [2.75, 3.05) is 13.1 Å². The van der Waals surface area contributed by atoms with Crippen LogP contribution < -0.4 is 5.32 Å². The van der Waals surface area contributed by atoms with Crippen LogP contribution in [0.4, 0.5) is 4.39 Å². The first-order valence-electron chi connectivity index (χ1n) is 13.0. The molecule has 4 heteroatoms. The Kier molecular flexibility index (Phi) is 5.95. The number of hydrogen-bond donors (Lipinski definition) is 2. The molecular weight excluding hydrogens is 435 g/mol. The molecule has 2 aliphatic rings. The fourth-order valence-corrected chi connectivity index (χ4v) is 6.70. The van der Waals surface area contributed by atoms with Crippen molar-refractivity contribution in [1.29, 1.82) is 0 Å². The zero-order valence-electron chi connectivity index (χ0n) is 20.3. The van der Waals surface area contributed by atoms with Crippen molar-refractivity contribution >= 4 is 10.9 Å². The van der Waals surface area contributed by atoms with Crippen LogP contribution in [0.25, 0.3) is 22.2 Å². The van der Waals surface area contributed by atoms with Crippen LogP contribution in [-0.4, -0.2) is 24.2 Å². The van der Waals surface area contributed by atoms with Crippen molar-refractivity contribution in [1.82, 2.24) is 10.3 Å². The maximum atomic E-state index is 13.8. The van der Waals surface area contributed by atoms with E-state index in [9.17, 15) is 4.39 Å². The number of para-hydroxylation sites is 1. The van der Waals surface area contributed by atoms with E-state index in [0.29, 0.717) is 6.61 Å². The van der Waals surface area contributed by atoms with E-state index in [4.69, 9.17) is 4.74 Å². The standard InChI is InChI=1S/C31H33FN2O/c1-2-7-25(30-31(16-18-33-19-17-31)26-10-5-3-8-22(26)20-35-30)28-24-9-4-6-11-27(24)34-29(28)21-12-14-23(32)15-13-21/h3-6,8-15,25,30,33-34H,2,7,16-20H2,1H3. The number of rotatable bonds is 5. The molecule has 3 heterocycles. The van der Waals surface area contributed by atoms with Crippen LogP contribution in [0.2, 0.25) is 0 Å². The largest absolute Gasteiger partial charge is 0.372 e. The summed E-state index contributed by atoms with van der Waals surface area (Å²) in [6.45, 7) is 4.94. The third-order valence-corrected chi connectivity index (χ3v) is 8.23. The molecule has 3 nitrogen and oxygen atoms in total. The zero-order valence-corrected chi connectivity index (χ0v) is 20.3. The van der Waals surface area contributed by atoms with Gasteiger partial charge in [-0.05, 0) is 84.9 Å². The van der Waals surface area contributed by atoms with Gasteiger partial charge in [-0.25, -0.2) is 4.39 Å². The second-order valence-corrected chi connectivity index (χ2v) is 10.2. The molecule has 2 atom stereocenters. The Bertz CT molecular complexity index is 1320. The van der Waals surface area contributed by atoms with Crippen LogP contribution in [0.3, 0.4) is 0 Å². The van der Waals surface area contributed by atoms with Crippen LogP contribution >= 0.6 is 0 Å². The molecule has 0 radical (unpaired) electrons. The summed E-state index contributed by atoms with van der Waals surface area (Å²) >= 11 is 0. The summed E-state index contributed by atoms with van der Waals surface area (Å²) in [5, 5.41) is 4.84. The molecule has 2 aliphatic heterocycles. The van der Waals surface area contributed by atoms with Crippen LogP contribution in [0, 0.1) is 5.82 Å². The van der Waals surface area contributed by atoms with E-state index in [1.165, 1.54) is 22.1 Å². The first-order chi connectivity index (χ1) is 17.2. The Labute approximate surface area is 206 Å². The summed E-state index contributed by atoms with van der Waals surface area (Å²) in [6.07, 6.45) is 4.34. The highest BCUT2D eigenvalue weighted by molar-refractivity contribution is 5.91. The maximum Gasteiger partial charge on any atom is 0.123 e. The lowest BCUT2D eigenvalue weighted by Crippen LogP contribution is -2.53. The smallest absolute Gasteiger partial charge is 0.123 e. The van der Waals surface area contributed by atoms with Gasteiger partial charge in [-0.1, -0.05) is 55.8 Å². The summed E-state index contributed by atoms with van der Waals surface area (Å²) in [4.78, 5) is 3.70. The molecule has 1 aromatic heterocycles. The molecule has 2 N–H and O–H groups in total. The van der Waals surface area contributed by atoms with Crippen LogP contribution in [-0.2, 0) is 16.8 Å². The highest BCUT2D eigenvalue weighted by Crippen LogP contribution is 2.51. The van der Waals surface area contributed by atoms with Gasteiger partial charge in [0.1, 0.15) is 5.82 Å². The summed E-state index contributed by atoms with van der Waals surface area (Å²) in [7, 11) is 0. The van der Waals surface area contributed by atoms with Gasteiger partial charge in [-0.15, -0.1) is 0 Å². The molecule has 0 bridgehead atoms. The molecule has 1 spiro atoms. The number of aromatic amines is 1. The van der Waals surface area contributed by atoms with Crippen molar-refractivity contribution in [3.63, 3.8) is 0 Å². The Morgan fingerprint density at radius 2 is 1.71 bits per heavy atom. The van der Waals surface area contributed by atoms with E-state index in [0.717, 1.165) is 55.5 Å². The van der Waals surface area contributed by atoms with Crippen molar-refractivity contribution in [2.45, 2.75) is 56.7 Å². The average molecular weight is 469 g/mol. The molecule has 4 aromatic rings. The van der Waals surface area contributed by atoms with E-state index in [1.54, 1.807) is 12.1 Å². The minimum Gasteiger partial charge on any atom is -0.372 e. The second-order valence-electron chi connectivity index (χ2n) is 10.2. The van der Waals surface area contributed by atoms with Gasteiger partial charge < -0.3 is 15.0 Å². The highest BCUT2D eigenvalue weighted by Gasteiger charge is 2.49. The summed E-state index contributed by atoms with van der Waals surface area (Å²) < 4.78 is 20.7. The Morgan fingerprint density at radius 1 is 0.971 bits per heavy atom. The van der Waals surface area contributed by atoms with E-state index < -0.39 is 0 Å². The van der Waals surface area contributed by atoms with E-state index in [2.05, 4.69) is 65.8 Å². The quantitative estimate of drug-likeness (QED) is 0.328. The second kappa shape index (κ2) is 9.25. The number of benzene rings is 3. The lowest BCUT2D eigenvalue weighted by Gasteiger charge is -2.50. The van der Waals surface area contributed by atoms with Gasteiger partial charge in [-0.3, -0.25) is 0 Å². The van der Waals surface area contributed by atoms with Gasteiger partial charge in [-0.2, -0.15) is 0 Å². The Morgan fingerprint density at radius 3 is 2.51 bits per heavy atom. The van der Waals surface area contributed by atoms with Crippen molar-refractivity contribution in [3.8, 4) is 11.3 Å². The third-order valence-electron chi connectivity index (χ3n) is 8.23. The molecular formula is C31H33FN2O. The lowest BCUT2D eigenvalue weighted by molar-refractivity contribution is -0.0604. The molecule has 0 amide bonds. The first-order valence-corrected chi connectivity index (χ1v) is 13.0. The zero-order chi connectivity index (χ0) is 23.8. The fourth-order valence-electron chi connectivity index (χ4n) is 6.70. The number of nitrogens with one attached hydrogen (secondary N) is 2. The minimum atomic E-state index is -0.211. The molecule has 0 aliphatic carbocycles. The van der Waals surface area contributed by atoms with E-state index in [1.807, 2.05) is 12.1 Å². The number of H-pyrrole nitrogens is 1. The molecule has 6 rings (SSSR count). The van der Waals surface area contributed by atoms with Gasteiger partial charge in [0, 0.05) is 22.2 Å². The van der Waals surface area contributed by atoms with Gasteiger partial charge >= 0.3 is 0 Å². The number of aromatic nitrogens is 1. The average Bonchev–Trinajstić information content (AvgIpc) is 3.28. The predicted molar refractivity (Wildman–Crippen MR) is 140 cm³/mol. The number of piperidine rings is 1. The minimum absolute atomic E-state index is 0.0155. The SMILES string of the molecule is CCCC(c1c(-c2ccc(F)cc2)[nH]c2ccccc12)C1OCc2ccccc2C12CCNCC2. The number of ether oxygens (including phenoxy) is 1. The van der Waals surface area contributed by atoms with Crippen LogP contribution in [0.15, 0.2) is 72.8 Å². The van der Waals surface area contributed by atoms with Crippen LogP contribution in [0.5, 0.6) is 0 Å². The summed E-state index contributed by atoms with van der Waals surface area (Å²) in [6, 6.07) is 24.4. The normalized spacial score (nSPS) is 20.1. The Balaban J connectivity index is 1.56. The van der Waals surface area contributed by atoms with Gasteiger partial charge in [0.2, 0.25) is 0 Å². The van der Waals surface area contributed by atoms with Crippen LogP contribution in [0.1, 0.15) is 55.2 Å². The monoisotopic (exact) mass is 468 g/mol. The Hall–Kier alpha value is -2.95. The van der Waals surface area contributed by atoms with E-state index in [-0.39, 0.29) is 23.3 Å². The summed E-state index contributed by atoms with van der Waals surface area (Å²) in [5.74, 6) is 0.0139. The first kappa shape index (κ1) is 22.5. The molecule has 180 valence electrons. The van der Waals surface area contributed by atoms with Crippen molar-refractivity contribution in [3.05, 3.63) is 95.3 Å². The van der Waals surface area contributed by atoms with Crippen molar-refractivity contribution < 1.29 is 9.13 Å². The highest BCUT2D eigenvalue weighted by atomic mass is 19.1. The predicted octanol–water partition coefficient (Wildman–Crippen LogP) is 7.08. The molecule has 2 unspecified atom stereocenters. The van der Waals surface area contributed by atoms with Gasteiger partial charge in [0.25, 0.3) is 0 Å². The van der Waals surface area contributed by atoms with Crippen molar-refractivity contribution in [2.24, 2.45) is 0 Å². The lowest BCUT2D eigenvalue weighted by atomic mass is 9.62. The topological polar surface area (TPSA) is 37.0 Å². The fraction of sp³-hybridized carbons (Fsp3) is 0.355. The molecule has 0 saturated carbocycles.